The number of halogens is 1. The maximum absolute atomic E-state index is 13.0. The molecule has 0 fully saturated rings. The zero-order valence-corrected chi connectivity index (χ0v) is 9.91. The molecular formula is C15H12FNO. The highest BCUT2D eigenvalue weighted by molar-refractivity contribution is 5.57. The number of benzene rings is 2. The lowest BCUT2D eigenvalue weighted by atomic mass is 10.1. The molecule has 0 aliphatic carbocycles. The largest absolute Gasteiger partial charge is 0.497 e. The van der Waals surface area contributed by atoms with Crippen LogP contribution in [0.3, 0.4) is 0 Å². The molecule has 0 aliphatic rings. The van der Waals surface area contributed by atoms with E-state index < -0.39 is 0 Å². The van der Waals surface area contributed by atoms with Crippen molar-refractivity contribution in [2.75, 3.05) is 12.8 Å². The highest BCUT2D eigenvalue weighted by Crippen LogP contribution is 2.13. The smallest absolute Gasteiger partial charge is 0.124 e. The molecule has 0 bridgehead atoms. The summed E-state index contributed by atoms with van der Waals surface area (Å²) in [5, 5.41) is 0. The summed E-state index contributed by atoms with van der Waals surface area (Å²) >= 11 is 0. The summed E-state index contributed by atoms with van der Waals surface area (Å²) in [6, 6.07) is 11.5. The number of nitrogen functional groups attached to an aromatic ring is 1. The van der Waals surface area contributed by atoms with Crippen molar-refractivity contribution in [3.8, 4) is 17.6 Å². The first-order chi connectivity index (χ1) is 8.69. The molecule has 0 amide bonds. The molecule has 0 unspecified atom stereocenters. The van der Waals surface area contributed by atoms with Crippen LogP contribution >= 0.6 is 0 Å². The molecule has 0 heterocycles. The Hall–Kier alpha value is -2.47. The lowest BCUT2D eigenvalue weighted by molar-refractivity contribution is 0.415. The summed E-state index contributed by atoms with van der Waals surface area (Å²) in [6.45, 7) is 0. The molecule has 0 atom stereocenters. The topological polar surface area (TPSA) is 35.2 Å². The van der Waals surface area contributed by atoms with Crippen LogP contribution in [0.4, 0.5) is 10.1 Å². The van der Waals surface area contributed by atoms with Gasteiger partial charge in [-0.3, -0.25) is 0 Å². The summed E-state index contributed by atoms with van der Waals surface area (Å²) in [7, 11) is 1.61. The summed E-state index contributed by atoms with van der Waals surface area (Å²) in [5.74, 6) is 6.20. The van der Waals surface area contributed by atoms with Crippen molar-refractivity contribution in [2.24, 2.45) is 0 Å². The van der Waals surface area contributed by atoms with Crippen LogP contribution in [0.15, 0.2) is 42.5 Å². The molecule has 0 aliphatic heterocycles. The third-order valence-electron chi connectivity index (χ3n) is 2.45. The highest BCUT2D eigenvalue weighted by Gasteiger charge is 1.97. The fourth-order valence-electron chi connectivity index (χ4n) is 1.45. The lowest BCUT2D eigenvalue weighted by Gasteiger charge is -1.98. The maximum Gasteiger partial charge on any atom is 0.124 e. The number of ether oxygens (including phenoxy) is 1. The molecule has 2 aromatic rings. The monoisotopic (exact) mass is 241 g/mol. The number of hydrogen-bond acceptors (Lipinski definition) is 2. The molecule has 2 nitrogen and oxygen atoms in total. The minimum absolute atomic E-state index is 0.344. The van der Waals surface area contributed by atoms with E-state index >= 15 is 0 Å². The molecule has 18 heavy (non-hydrogen) atoms. The van der Waals surface area contributed by atoms with Crippen molar-refractivity contribution < 1.29 is 9.13 Å². The summed E-state index contributed by atoms with van der Waals surface area (Å²) < 4.78 is 18.1. The molecule has 0 saturated heterocycles. The molecule has 0 saturated carbocycles. The van der Waals surface area contributed by atoms with E-state index in [1.807, 2.05) is 24.3 Å². The minimum Gasteiger partial charge on any atom is -0.497 e. The molecule has 0 radical (unpaired) electrons. The predicted molar refractivity (Wildman–Crippen MR) is 69.8 cm³/mol. The van der Waals surface area contributed by atoms with E-state index in [4.69, 9.17) is 10.5 Å². The first-order valence-corrected chi connectivity index (χ1v) is 5.40. The van der Waals surface area contributed by atoms with Crippen LogP contribution in [0.1, 0.15) is 11.1 Å². The van der Waals surface area contributed by atoms with E-state index in [0.717, 1.165) is 11.3 Å². The Morgan fingerprint density at radius 1 is 1.06 bits per heavy atom. The van der Waals surface area contributed by atoms with Gasteiger partial charge in [0.05, 0.1) is 12.7 Å². The lowest BCUT2D eigenvalue weighted by Crippen LogP contribution is -1.90. The Balaban J connectivity index is 2.27. The van der Waals surface area contributed by atoms with Gasteiger partial charge >= 0.3 is 0 Å². The molecule has 90 valence electrons. The quantitative estimate of drug-likeness (QED) is 0.615. The molecule has 2 aromatic carbocycles. The number of anilines is 1. The van der Waals surface area contributed by atoms with E-state index in [-0.39, 0.29) is 5.82 Å². The average Bonchev–Trinajstić information content (AvgIpc) is 2.40. The van der Waals surface area contributed by atoms with Crippen LogP contribution in [0.25, 0.3) is 0 Å². The van der Waals surface area contributed by atoms with Crippen molar-refractivity contribution in [3.05, 3.63) is 59.4 Å². The Labute approximate surface area is 105 Å². The van der Waals surface area contributed by atoms with E-state index in [9.17, 15) is 4.39 Å². The molecule has 0 aromatic heterocycles. The van der Waals surface area contributed by atoms with Gasteiger partial charge in [-0.15, -0.1) is 0 Å². The standard InChI is InChI=1S/C15H12FNO/c1-18-14-7-3-11(4-8-14)2-5-12-10-13(16)6-9-15(12)17/h3-4,6-10H,17H2,1H3. The van der Waals surface area contributed by atoms with Gasteiger partial charge in [0.25, 0.3) is 0 Å². The van der Waals surface area contributed by atoms with Crippen LogP contribution in [0.2, 0.25) is 0 Å². The molecule has 2 N–H and O–H groups in total. The second-order valence-electron chi connectivity index (χ2n) is 3.71. The Morgan fingerprint density at radius 3 is 2.44 bits per heavy atom. The maximum atomic E-state index is 13.0. The van der Waals surface area contributed by atoms with Crippen LogP contribution in [0, 0.1) is 17.7 Å². The van der Waals surface area contributed by atoms with Crippen molar-refractivity contribution in [1.29, 1.82) is 0 Å². The van der Waals surface area contributed by atoms with E-state index in [1.54, 1.807) is 7.11 Å². The Morgan fingerprint density at radius 2 is 1.78 bits per heavy atom. The van der Waals surface area contributed by atoms with Crippen LogP contribution in [-0.2, 0) is 0 Å². The Kier molecular flexibility index (Phi) is 3.49. The Bertz CT molecular complexity index is 609. The molecule has 2 rings (SSSR count). The second-order valence-corrected chi connectivity index (χ2v) is 3.71. The van der Waals surface area contributed by atoms with Gasteiger partial charge in [-0.05, 0) is 42.5 Å². The molecule has 3 heteroatoms. The minimum atomic E-state index is -0.344. The number of nitrogens with two attached hydrogens (primary N) is 1. The fraction of sp³-hybridized carbons (Fsp3) is 0.0667. The first-order valence-electron chi connectivity index (χ1n) is 5.40. The van der Waals surface area contributed by atoms with Gasteiger partial charge in [-0.2, -0.15) is 0 Å². The van der Waals surface area contributed by atoms with Gasteiger partial charge in [-0.25, -0.2) is 4.39 Å². The number of hydrogen-bond donors (Lipinski definition) is 1. The van der Waals surface area contributed by atoms with Gasteiger partial charge in [0, 0.05) is 11.3 Å². The molecule has 0 spiro atoms. The number of methoxy groups -OCH3 is 1. The zero-order chi connectivity index (χ0) is 13.0. The fourth-order valence-corrected chi connectivity index (χ4v) is 1.45. The first kappa shape index (κ1) is 12.0. The van der Waals surface area contributed by atoms with Gasteiger partial charge < -0.3 is 10.5 Å². The average molecular weight is 241 g/mol. The summed E-state index contributed by atoms with van der Waals surface area (Å²) in [5.41, 5.74) is 7.49. The third kappa shape index (κ3) is 2.80. The van der Waals surface area contributed by atoms with E-state index in [1.165, 1.54) is 18.2 Å². The van der Waals surface area contributed by atoms with Gasteiger partial charge in [-0.1, -0.05) is 11.8 Å². The van der Waals surface area contributed by atoms with Crippen LogP contribution in [-0.4, -0.2) is 7.11 Å². The third-order valence-corrected chi connectivity index (χ3v) is 2.45. The van der Waals surface area contributed by atoms with Crippen molar-refractivity contribution in [2.45, 2.75) is 0 Å². The number of rotatable bonds is 1. The van der Waals surface area contributed by atoms with Gasteiger partial charge in [0.1, 0.15) is 11.6 Å². The van der Waals surface area contributed by atoms with E-state index in [2.05, 4.69) is 11.8 Å². The molecular weight excluding hydrogens is 229 g/mol. The SMILES string of the molecule is COc1ccc(C#Cc2cc(F)ccc2N)cc1. The van der Waals surface area contributed by atoms with Gasteiger partial charge in [0.15, 0.2) is 0 Å². The van der Waals surface area contributed by atoms with E-state index in [0.29, 0.717) is 11.3 Å². The van der Waals surface area contributed by atoms with Crippen LogP contribution < -0.4 is 10.5 Å². The van der Waals surface area contributed by atoms with Crippen molar-refractivity contribution >= 4 is 5.69 Å². The van der Waals surface area contributed by atoms with Crippen LogP contribution in [0.5, 0.6) is 5.75 Å². The summed E-state index contributed by atoms with van der Waals surface area (Å²) in [4.78, 5) is 0. The summed E-state index contributed by atoms with van der Waals surface area (Å²) in [6.07, 6.45) is 0. The second kappa shape index (κ2) is 5.24. The zero-order valence-electron chi connectivity index (χ0n) is 9.91. The van der Waals surface area contributed by atoms with Gasteiger partial charge in [0.2, 0.25) is 0 Å². The predicted octanol–water partition coefficient (Wildman–Crippen LogP) is 2.82. The highest BCUT2D eigenvalue weighted by atomic mass is 19.1. The van der Waals surface area contributed by atoms with Crippen molar-refractivity contribution in [1.82, 2.24) is 0 Å². The normalized spacial score (nSPS) is 9.44. The van der Waals surface area contributed by atoms with Crippen molar-refractivity contribution in [3.63, 3.8) is 0 Å².